The van der Waals surface area contributed by atoms with Crippen LogP contribution in [-0.4, -0.2) is 31.5 Å². The fraction of sp³-hybridized carbons (Fsp3) is 0.0870. The number of aromatic hydroxyl groups is 1. The number of ether oxygens (including phenoxy) is 1. The lowest BCUT2D eigenvalue weighted by Crippen LogP contribution is -2.24. The molecule has 8 nitrogen and oxygen atoms in total. The van der Waals surface area contributed by atoms with Gasteiger partial charge in [-0.15, -0.1) is 13.2 Å². The number of pyridine rings is 1. The highest BCUT2D eigenvalue weighted by Crippen LogP contribution is 2.25. The highest BCUT2D eigenvalue weighted by Gasteiger charge is 2.31. The molecule has 0 fully saturated rings. The predicted octanol–water partition coefficient (Wildman–Crippen LogP) is 3.94. The second-order valence-corrected chi connectivity index (χ2v) is 7.13. The summed E-state index contributed by atoms with van der Waals surface area (Å²) in [6.07, 6.45) is -0.722. The van der Waals surface area contributed by atoms with E-state index in [-0.39, 0.29) is 18.1 Å². The smallest absolute Gasteiger partial charge is 0.493 e. The Morgan fingerprint density at radius 1 is 1.06 bits per heavy atom. The minimum Gasteiger partial charge on any atom is -0.493 e. The topological polar surface area (TPSA) is 98.4 Å². The second-order valence-electron chi connectivity index (χ2n) is 7.13. The second kappa shape index (κ2) is 9.14. The number of halogens is 3. The average molecular weight is 470 g/mol. The van der Waals surface area contributed by atoms with Crippen molar-refractivity contribution in [3.8, 4) is 17.3 Å². The zero-order chi connectivity index (χ0) is 24.3. The first-order chi connectivity index (χ1) is 16.2. The predicted molar refractivity (Wildman–Crippen MR) is 116 cm³/mol. The van der Waals surface area contributed by atoms with Crippen molar-refractivity contribution in [2.45, 2.75) is 12.9 Å². The molecule has 0 aliphatic heterocycles. The van der Waals surface area contributed by atoms with Crippen molar-refractivity contribution < 1.29 is 27.8 Å². The van der Waals surface area contributed by atoms with E-state index < -0.39 is 23.7 Å². The average Bonchev–Trinajstić information content (AvgIpc) is 3.08. The highest BCUT2D eigenvalue weighted by molar-refractivity contribution is 6.04. The molecule has 34 heavy (non-hydrogen) atoms. The summed E-state index contributed by atoms with van der Waals surface area (Å²) in [6, 6.07) is 14.7. The van der Waals surface area contributed by atoms with Crippen LogP contribution in [0.1, 0.15) is 15.9 Å². The molecule has 4 aromatic rings. The summed E-state index contributed by atoms with van der Waals surface area (Å²) in [5.41, 5.74) is 0.870. The lowest BCUT2D eigenvalue weighted by Gasteiger charge is -2.11. The molecular formula is C23H17F3N4O4. The fourth-order valence-electron chi connectivity index (χ4n) is 3.27. The number of aromatic nitrogens is 3. The van der Waals surface area contributed by atoms with Crippen LogP contribution in [0.25, 0.3) is 5.69 Å². The lowest BCUT2D eigenvalue weighted by molar-refractivity contribution is -0.274. The number of nitrogens with zero attached hydrogens (tertiary/aromatic N) is 3. The molecule has 0 spiro atoms. The monoisotopic (exact) mass is 470 g/mol. The van der Waals surface area contributed by atoms with Crippen molar-refractivity contribution in [1.29, 1.82) is 0 Å². The van der Waals surface area contributed by atoms with Crippen molar-refractivity contribution in [3.63, 3.8) is 0 Å². The summed E-state index contributed by atoms with van der Waals surface area (Å²) in [6.45, 7) is -0.0123. The Labute approximate surface area is 190 Å². The van der Waals surface area contributed by atoms with Crippen LogP contribution in [0, 0.1) is 0 Å². The van der Waals surface area contributed by atoms with E-state index in [9.17, 15) is 27.9 Å². The van der Waals surface area contributed by atoms with E-state index in [1.54, 1.807) is 36.4 Å². The molecular weight excluding hydrogens is 453 g/mol. The molecule has 0 bridgehead atoms. The third-order valence-corrected chi connectivity index (χ3v) is 4.80. The molecule has 11 heteroatoms. The summed E-state index contributed by atoms with van der Waals surface area (Å²) < 4.78 is 43.0. The third kappa shape index (κ3) is 5.09. The molecule has 1 amide bonds. The number of amides is 1. The number of hydrogen-bond donors (Lipinski definition) is 2. The summed E-state index contributed by atoms with van der Waals surface area (Å²) in [5, 5.41) is 13.1. The van der Waals surface area contributed by atoms with Crippen molar-refractivity contribution in [2.24, 2.45) is 0 Å². The van der Waals surface area contributed by atoms with E-state index in [4.69, 9.17) is 0 Å². The molecule has 174 valence electrons. The molecule has 0 radical (unpaired) electrons. The fourth-order valence-corrected chi connectivity index (χ4v) is 3.27. The number of hydrogen-bond acceptors (Lipinski definition) is 5. The molecule has 0 saturated heterocycles. The van der Waals surface area contributed by atoms with Gasteiger partial charge in [0.2, 0.25) is 5.88 Å². The van der Waals surface area contributed by atoms with Gasteiger partial charge in [0.1, 0.15) is 5.75 Å². The van der Waals surface area contributed by atoms with Crippen LogP contribution in [0.5, 0.6) is 11.6 Å². The van der Waals surface area contributed by atoms with Crippen LogP contribution in [0.3, 0.4) is 0 Å². The maximum Gasteiger partial charge on any atom is 0.573 e. The molecule has 4 rings (SSSR count). The van der Waals surface area contributed by atoms with Crippen LogP contribution in [0.15, 0.2) is 84.0 Å². The number of carbonyl (C=O) groups is 1. The van der Waals surface area contributed by atoms with Crippen molar-refractivity contribution >= 4 is 11.6 Å². The summed E-state index contributed by atoms with van der Waals surface area (Å²) in [7, 11) is 0. The number of alkyl halides is 3. The Kier molecular flexibility index (Phi) is 6.09. The minimum atomic E-state index is -4.85. The minimum absolute atomic E-state index is 0.0123. The number of carbonyl (C=O) groups excluding carboxylic acids is 1. The zero-order valence-corrected chi connectivity index (χ0v) is 17.4. The van der Waals surface area contributed by atoms with Gasteiger partial charge in [0.25, 0.3) is 5.91 Å². The van der Waals surface area contributed by atoms with Gasteiger partial charge in [-0.05, 0) is 48.0 Å². The first-order valence-electron chi connectivity index (χ1n) is 9.88. The Bertz CT molecular complexity index is 1360. The molecule has 0 atom stereocenters. The Hall–Kier alpha value is -4.54. The Morgan fingerprint density at radius 2 is 1.76 bits per heavy atom. The number of nitrogens with one attached hydrogen (secondary N) is 1. The summed E-state index contributed by atoms with van der Waals surface area (Å²) in [5.74, 6) is -1.24. The Morgan fingerprint density at radius 3 is 2.44 bits per heavy atom. The summed E-state index contributed by atoms with van der Waals surface area (Å²) in [4.78, 5) is 29.4. The van der Waals surface area contributed by atoms with Crippen LogP contribution in [0.2, 0.25) is 0 Å². The first kappa shape index (κ1) is 22.6. The van der Waals surface area contributed by atoms with Gasteiger partial charge in [-0.3, -0.25) is 14.3 Å². The SMILES string of the molecule is O=C(Nc1cnccc1Cn1cc(O)n(-c2ccc(OC(F)(F)F)cc2)c1=O)c1ccccc1. The van der Waals surface area contributed by atoms with Gasteiger partial charge in [0, 0.05) is 11.8 Å². The van der Waals surface area contributed by atoms with E-state index in [2.05, 4.69) is 15.0 Å². The van der Waals surface area contributed by atoms with Gasteiger partial charge < -0.3 is 15.2 Å². The van der Waals surface area contributed by atoms with E-state index >= 15 is 0 Å². The standard InChI is InChI=1S/C23H17F3N4O4/c24-23(25,26)34-18-8-6-17(7-9-18)30-20(31)14-29(22(30)33)13-16-10-11-27-12-19(16)28-21(32)15-4-2-1-3-5-15/h1-12,14,31H,13H2,(H,28,32). The maximum absolute atomic E-state index is 12.9. The number of rotatable bonds is 6. The number of benzene rings is 2. The Balaban J connectivity index is 1.58. The van der Waals surface area contributed by atoms with Crippen LogP contribution in [0.4, 0.5) is 18.9 Å². The van der Waals surface area contributed by atoms with Crippen LogP contribution >= 0.6 is 0 Å². The van der Waals surface area contributed by atoms with Gasteiger partial charge in [-0.2, -0.15) is 0 Å². The van der Waals surface area contributed by atoms with Gasteiger partial charge >= 0.3 is 12.1 Å². The zero-order valence-electron chi connectivity index (χ0n) is 17.4. The molecule has 0 aliphatic rings. The van der Waals surface area contributed by atoms with E-state index in [0.717, 1.165) is 16.7 Å². The lowest BCUT2D eigenvalue weighted by atomic mass is 10.2. The van der Waals surface area contributed by atoms with Gasteiger partial charge in [0.05, 0.1) is 30.3 Å². The van der Waals surface area contributed by atoms with Crippen molar-refractivity contribution in [3.05, 3.63) is 101 Å². The van der Waals surface area contributed by atoms with Gasteiger partial charge in [-0.25, -0.2) is 9.36 Å². The first-order valence-corrected chi connectivity index (χ1v) is 9.88. The molecule has 2 N–H and O–H groups in total. The van der Waals surface area contributed by atoms with Gasteiger partial charge in [0.15, 0.2) is 0 Å². The number of anilines is 1. The molecule has 2 heterocycles. The van der Waals surface area contributed by atoms with Gasteiger partial charge in [-0.1, -0.05) is 18.2 Å². The normalized spacial score (nSPS) is 11.3. The molecule has 2 aromatic carbocycles. The quantitative estimate of drug-likeness (QED) is 0.445. The molecule has 0 aliphatic carbocycles. The van der Waals surface area contributed by atoms with Crippen LogP contribution in [-0.2, 0) is 6.54 Å². The summed E-state index contributed by atoms with van der Waals surface area (Å²) >= 11 is 0. The molecule has 0 unspecified atom stereocenters. The molecule has 0 saturated carbocycles. The van der Waals surface area contributed by atoms with Crippen molar-refractivity contribution in [2.75, 3.05) is 5.32 Å². The maximum atomic E-state index is 12.9. The third-order valence-electron chi connectivity index (χ3n) is 4.80. The molecule has 2 aromatic heterocycles. The van der Waals surface area contributed by atoms with E-state index in [1.807, 2.05) is 0 Å². The van der Waals surface area contributed by atoms with Crippen LogP contribution < -0.4 is 15.7 Å². The van der Waals surface area contributed by atoms with E-state index in [0.29, 0.717) is 16.8 Å². The van der Waals surface area contributed by atoms with Crippen molar-refractivity contribution in [1.82, 2.24) is 14.1 Å². The highest BCUT2D eigenvalue weighted by atomic mass is 19.4. The van der Waals surface area contributed by atoms with E-state index in [1.165, 1.54) is 35.3 Å². The largest absolute Gasteiger partial charge is 0.573 e. The number of imidazole rings is 1.